The van der Waals surface area contributed by atoms with Crippen LogP contribution < -0.4 is 15.4 Å². The third-order valence-corrected chi connectivity index (χ3v) is 4.63. The van der Waals surface area contributed by atoms with Crippen LogP contribution in [0.4, 0.5) is 0 Å². The Kier molecular flexibility index (Phi) is 12.2. The first-order valence-corrected chi connectivity index (χ1v) is 9.83. The molecule has 2 N–H and O–H groups in total. The Balaban J connectivity index is 0.00000392. The van der Waals surface area contributed by atoms with Crippen LogP contribution in [-0.2, 0) is 11.3 Å². The first-order chi connectivity index (χ1) is 13.2. The molecule has 1 aromatic carbocycles. The van der Waals surface area contributed by atoms with Gasteiger partial charge in [-0.25, -0.2) is 4.99 Å². The third kappa shape index (κ3) is 7.97. The second-order valence-corrected chi connectivity index (χ2v) is 6.79. The van der Waals surface area contributed by atoms with E-state index in [1.54, 1.807) is 6.08 Å². The van der Waals surface area contributed by atoms with Crippen LogP contribution in [0.3, 0.4) is 0 Å². The van der Waals surface area contributed by atoms with Crippen molar-refractivity contribution in [1.29, 1.82) is 0 Å². The molecule has 0 spiro atoms. The molecule has 0 aromatic heterocycles. The van der Waals surface area contributed by atoms with Crippen molar-refractivity contribution in [2.24, 2.45) is 4.99 Å². The number of nitrogens with zero attached hydrogens (tertiary/aromatic N) is 2. The third-order valence-electron chi connectivity index (χ3n) is 4.63. The summed E-state index contributed by atoms with van der Waals surface area (Å²) in [5, 5.41) is 6.79. The highest BCUT2D eigenvalue weighted by molar-refractivity contribution is 14.0. The lowest BCUT2D eigenvalue weighted by Crippen LogP contribution is -2.53. The maximum absolute atomic E-state index is 5.72. The van der Waals surface area contributed by atoms with Crippen LogP contribution in [0.5, 0.6) is 5.75 Å². The van der Waals surface area contributed by atoms with Gasteiger partial charge in [0.15, 0.2) is 5.96 Å². The number of nitrogens with one attached hydrogen (secondary N) is 2. The highest BCUT2D eigenvalue weighted by Gasteiger charge is 2.23. The van der Waals surface area contributed by atoms with Crippen LogP contribution in [0.1, 0.15) is 26.3 Å². The number of rotatable bonds is 9. The molecule has 2 unspecified atom stereocenters. The number of hydrogen-bond acceptors (Lipinski definition) is 4. The van der Waals surface area contributed by atoms with Gasteiger partial charge in [-0.15, -0.1) is 24.0 Å². The summed E-state index contributed by atoms with van der Waals surface area (Å²) < 4.78 is 11.3. The Morgan fingerprint density at radius 3 is 2.93 bits per heavy atom. The standard InChI is InChI=1S/C21H34N4O2.HI/c1-5-12-27-20-10-8-7-9-19(20)15-24-21(22-6-2)23-14-17(3)25-11-13-26-16-18(25)4;/h5,7-10,17-18H,1,6,11-16H2,2-4H3,(H2,22,23,24);1H. The molecule has 1 heterocycles. The zero-order chi connectivity index (χ0) is 19.5. The van der Waals surface area contributed by atoms with E-state index in [2.05, 4.69) is 42.9 Å². The molecule has 1 aromatic rings. The maximum atomic E-state index is 5.72. The largest absolute Gasteiger partial charge is 0.489 e. The summed E-state index contributed by atoms with van der Waals surface area (Å²) in [5.74, 6) is 1.68. The molecular weight excluding hydrogens is 467 g/mol. The molecule has 0 radical (unpaired) electrons. The highest BCUT2D eigenvalue weighted by Crippen LogP contribution is 2.18. The van der Waals surface area contributed by atoms with Crippen molar-refractivity contribution in [2.45, 2.75) is 39.4 Å². The molecule has 1 saturated heterocycles. The molecule has 1 fully saturated rings. The second-order valence-electron chi connectivity index (χ2n) is 6.79. The maximum Gasteiger partial charge on any atom is 0.191 e. The zero-order valence-electron chi connectivity index (χ0n) is 17.3. The Morgan fingerprint density at radius 2 is 2.21 bits per heavy atom. The Morgan fingerprint density at radius 1 is 1.43 bits per heavy atom. The minimum Gasteiger partial charge on any atom is -0.489 e. The molecule has 2 atom stereocenters. The zero-order valence-corrected chi connectivity index (χ0v) is 19.6. The van der Waals surface area contributed by atoms with Crippen molar-refractivity contribution >= 4 is 29.9 Å². The number of morpholine rings is 1. The average molecular weight is 502 g/mol. The molecule has 0 saturated carbocycles. The quantitative estimate of drug-likeness (QED) is 0.235. The van der Waals surface area contributed by atoms with E-state index >= 15 is 0 Å². The van der Waals surface area contributed by atoms with Gasteiger partial charge in [0.1, 0.15) is 12.4 Å². The molecule has 1 aliphatic rings. The van der Waals surface area contributed by atoms with Gasteiger partial charge in [0, 0.05) is 37.3 Å². The summed E-state index contributed by atoms with van der Waals surface area (Å²) in [5.41, 5.74) is 1.06. The van der Waals surface area contributed by atoms with Crippen molar-refractivity contribution in [1.82, 2.24) is 15.5 Å². The molecule has 0 bridgehead atoms. The number of para-hydroxylation sites is 1. The van der Waals surface area contributed by atoms with E-state index in [4.69, 9.17) is 14.5 Å². The fourth-order valence-electron chi connectivity index (χ4n) is 3.19. The first kappa shape index (κ1) is 24.7. The van der Waals surface area contributed by atoms with Gasteiger partial charge in [-0.2, -0.15) is 0 Å². The molecule has 0 amide bonds. The molecule has 28 heavy (non-hydrogen) atoms. The summed E-state index contributed by atoms with van der Waals surface area (Å²) in [4.78, 5) is 7.22. The fourth-order valence-corrected chi connectivity index (χ4v) is 3.19. The van der Waals surface area contributed by atoms with E-state index in [0.29, 0.717) is 25.2 Å². The van der Waals surface area contributed by atoms with Gasteiger partial charge in [-0.05, 0) is 26.8 Å². The summed E-state index contributed by atoms with van der Waals surface area (Å²) in [6.07, 6.45) is 1.75. The normalized spacial score (nSPS) is 18.7. The van der Waals surface area contributed by atoms with Gasteiger partial charge < -0.3 is 20.1 Å². The molecule has 7 heteroatoms. The molecule has 2 rings (SSSR count). The summed E-state index contributed by atoms with van der Waals surface area (Å²) in [7, 11) is 0. The Hall–Kier alpha value is -1.32. The van der Waals surface area contributed by atoms with Crippen molar-refractivity contribution in [3.8, 4) is 5.75 Å². The molecule has 1 aliphatic heterocycles. The van der Waals surface area contributed by atoms with Gasteiger partial charge in [0.2, 0.25) is 0 Å². The molecule has 6 nitrogen and oxygen atoms in total. The Bertz CT molecular complexity index is 612. The smallest absolute Gasteiger partial charge is 0.191 e. The lowest BCUT2D eigenvalue weighted by molar-refractivity contribution is -0.0174. The van der Waals surface area contributed by atoms with Crippen LogP contribution >= 0.6 is 24.0 Å². The number of guanidine groups is 1. The lowest BCUT2D eigenvalue weighted by atomic mass is 10.2. The van der Waals surface area contributed by atoms with Crippen LogP contribution in [0.15, 0.2) is 41.9 Å². The number of aliphatic imine (C=N–C) groups is 1. The van der Waals surface area contributed by atoms with Crippen molar-refractivity contribution in [3.63, 3.8) is 0 Å². The van der Waals surface area contributed by atoms with Crippen LogP contribution in [-0.4, -0.2) is 62.4 Å². The molecule has 158 valence electrons. The lowest BCUT2D eigenvalue weighted by Gasteiger charge is -2.38. The van der Waals surface area contributed by atoms with Gasteiger partial charge in [0.05, 0.1) is 19.8 Å². The second kappa shape index (κ2) is 13.8. The summed E-state index contributed by atoms with van der Waals surface area (Å²) >= 11 is 0. The number of hydrogen-bond donors (Lipinski definition) is 2. The average Bonchev–Trinajstić information content (AvgIpc) is 2.69. The number of benzene rings is 1. The van der Waals surface area contributed by atoms with E-state index in [1.807, 2.05) is 24.3 Å². The summed E-state index contributed by atoms with van der Waals surface area (Å²) in [6.45, 7) is 15.6. The van der Waals surface area contributed by atoms with Gasteiger partial charge in [0.25, 0.3) is 0 Å². The fraction of sp³-hybridized carbons (Fsp3) is 0.571. The van der Waals surface area contributed by atoms with Crippen LogP contribution in [0, 0.1) is 0 Å². The van der Waals surface area contributed by atoms with Gasteiger partial charge in [-0.1, -0.05) is 30.9 Å². The topological polar surface area (TPSA) is 58.1 Å². The monoisotopic (exact) mass is 502 g/mol. The predicted octanol–water partition coefficient (Wildman–Crippen LogP) is 3.03. The van der Waals surface area contributed by atoms with Crippen molar-refractivity contribution < 1.29 is 9.47 Å². The SMILES string of the molecule is C=CCOc1ccccc1CN=C(NCC)NCC(C)N1CCOCC1C.I. The first-order valence-electron chi connectivity index (χ1n) is 9.83. The van der Waals surface area contributed by atoms with E-state index in [9.17, 15) is 0 Å². The minimum atomic E-state index is 0. The van der Waals surface area contributed by atoms with E-state index in [0.717, 1.165) is 50.1 Å². The molecular formula is C21H35IN4O2. The van der Waals surface area contributed by atoms with E-state index in [1.165, 1.54) is 0 Å². The van der Waals surface area contributed by atoms with E-state index in [-0.39, 0.29) is 24.0 Å². The number of ether oxygens (including phenoxy) is 2. The minimum absolute atomic E-state index is 0. The number of halogens is 1. The van der Waals surface area contributed by atoms with Crippen molar-refractivity contribution in [2.75, 3.05) is 39.5 Å². The summed E-state index contributed by atoms with van der Waals surface area (Å²) in [6, 6.07) is 8.86. The van der Waals surface area contributed by atoms with Gasteiger partial charge >= 0.3 is 0 Å². The predicted molar refractivity (Wildman–Crippen MR) is 127 cm³/mol. The Labute approximate surface area is 186 Å². The van der Waals surface area contributed by atoms with Crippen LogP contribution in [0.25, 0.3) is 0 Å². The highest BCUT2D eigenvalue weighted by atomic mass is 127. The molecule has 0 aliphatic carbocycles. The van der Waals surface area contributed by atoms with Crippen molar-refractivity contribution in [3.05, 3.63) is 42.5 Å². The van der Waals surface area contributed by atoms with E-state index < -0.39 is 0 Å². The van der Waals surface area contributed by atoms with Gasteiger partial charge in [-0.3, -0.25) is 4.90 Å². The van der Waals surface area contributed by atoms with Crippen LogP contribution in [0.2, 0.25) is 0 Å².